The van der Waals surface area contributed by atoms with E-state index in [0.717, 1.165) is 5.56 Å². The Hall–Kier alpha value is -2.54. The van der Waals surface area contributed by atoms with Crippen LogP contribution in [0.2, 0.25) is 0 Å². The van der Waals surface area contributed by atoms with Crippen molar-refractivity contribution >= 4 is 15.8 Å². The molecule has 0 aliphatic carbocycles. The van der Waals surface area contributed by atoms with Gasteiger partial charge < -0.3 is 9.47 Å². The third-order valence-electron chi connectivity index (χ3n) is 3.65. The van der Waals surface area contributed by atoms with Crippen LogP contribution in [0.1, 0.15) is 17.5 Å². The highest BCUT2D eigenvalue weighted by Gasteiger charge is 2.21. The van der Waals surface area contributed by atoms with Crippen LogP contribution in [0.3, 0.4) is 0 Å². The minimum atomic E-state index is -3.95. The van der Waals surface area contributed by atoms with Crippen molar-refractivity contribution in [3.05, 3.63) is 53.6 Å². The first-order valence-corrected chi connectivity index (χ1v) is 8.79. The molecule has 126 valence electrons. The van der Waals surface area contributed by atoms with E-state index in [1.807, 2.05) is 6.92 Å². The van der Waals surface area contributed by atoms with Crippen LogP contribution in [0.15, 0.2) is 52.5 Å². The molecule has 0 bridgehead atoms. The summed E-state index contributed by atoms with van der Waals surface area (Å²) in [6.07, 6.45) is 0.448. The van der Waals surface area contributed by atoms with Crippen LogP contribution in [0, 0.1) is 6.92 Å². The van der Waals surface area contributed by atoms with E-state index in [4.69, 9.17) is 13.8 Å². The lowest BCUT2D eigenvalue weighted by molar-refractivity contribution is 0.307. The first-order chi connectivity index (χ1) is 11.5. The minimum absolute atomic E-state index is 0.0652. The zero-order chi connectivity index (χ0) is 17.2. The zero-order valence-electron chi connectivity index (χ0n) is 13.4. The van der Waals surface area contributed by atoms with Crippen LogP contribution in [0.25, 0.3) is 0 Å². The van der Waals surface area contributed by atoms with Crippen molar-refractivity contribution in [3.63, 3.8) is 0 Å². The van der Waals surface area contributed by atoms with E-state index >= 15 is 0 Å². The van der Waals surface area contributed by atoms with Crippen LogP contribution < -0.4 is 9.47 Å². The number of rotatable bonds is 4. The zero-order valence-corrected chi connectivity index (χ0v) is 14.2. The van der Waals surface area contributed by atoms with Crippen molar-refractivity contribution in [2.45, 2.75) is 18.2 Å². The van der Waals surface area contributed by atoms with Gasteiger partial charge in [-0.15, -0.1) is 0 Å². The number of fused-ring (bicyclic) bond motifs is 1. The quantitative estimate of drug-likeness (QED) is 0.795. The van der Waals surface area contributed by atoms with Crippen molar-refractivity contribution in [2.75, 3.05) is 13.7 Å². The summed E-state index contributed by atoms with van der Waals surface area (Å²) in [6.45, 7) is 2.29. The number of ether oxygens (including phenoxy) is 2. The van der Waals surface area contributed by atoms with E-state index in [1.165, 1.54) is 12.1 Å². The second kappa shape index (κ2) is 6.52. The van der Waals surface area contributed by atoms with Gasteiger partial charge in [-0.05, 0) is 37.3 Å². The normalized spacial score (nSPS) is 15.5. The molecule has 24 heavy (non-hydrogen) atoms. The third-order valence-corrected chi connectivity index (χ3v) is 4.77. The van der Waals surface area contributed by atoms with Crippen LogP contribution in [0.5, 0.6) is 11.5 Å². The highest BCUT2D eigenvalue weighted by molar-refractivity contribution is 7.86. The summed E-state index contributed by atoms with van der Waals surface area (Å²) in [7, 11) is -2.40. The van der Waals surface area contributed by atoms with Gasteiger partial charge in [0.05, 0.1) is 19.4 Å². The number of hydrogen-bond donors (Lipinski definition) is 0. The molecule has 0 atom stereocenters. The van der Waals surface area contributed by atoms with E-state index in [0.29, 0.717) is 35.8 Å². The number of oxime groups is 1. The SMILES string of the molecule is COc1ccc2c(c1)C(=NOS(=O)(=O)c1ccc(C)cc1)CCO2. The van der Waals surface area contributed by atoms with E-state index in [1.54, 1.807) is 37.4 Å². The molecular weight excluding hydrogens is 330 g/mol. The van der Waals surface area contributed by atoms with E-state index in [9.17, 15) is 8.42 Å². The van der Waals surface area contributed by atoms with Crippen LogP contribution in [0.4, 0.5) is 0 Å². The summed E-state index contributed by atoms with van der Waals surface area (Å²) in [6, 6.07) is 11.7. The Morgan fingerprint density at radius 3 is 2.58 bits per heavy atom. The molecule has 0 N–H and O–H groups in total. The Morgan fingerprint density at radius 2 is 1.88 bits per heavy atom. The average Bonchev–Trinajstić information content (AvgIpc) is 2.60. The van der Waals surface area contributed by atoms with E-state index in [2.05, 4.69) is 5.16 Å². The Kier molecular flexibility index (Phi) is 4.44. The lowest BCUT2D eigenvalue weighted by Gasteiger charge is -2.19. The highest BCUT2D eigenvalue weighted by atomic mass is 32.2. The van der Waals surface area contributed by atoms with Crippen LogP contribution >= 0.6 is 0 Å². The van der Waals surface area contributed by atoms with Gasteiger partial charge in [0.1, 0.15) is 16.4 Å². The predicted octanol–water partition coefficient (Wildman–Crippen LogP) is 2.90. The van der Waals surface area contributed by atoms with Crippen LogP contribution in [-0.4, -0.2) is 27.8 Å². The fourth-order valence-corrected chi connectivity index (χ4v) is 3.06. The molecule has 2 aromatic rings. The molecule has 3 rings (SSSR count). The molecule has 1 aliphatic rings. The molecule has 1 heterocycles. The average molecular weight is 347 g/mol. The molecule has 1 aliphatic heterocycles. The molecule has 0 fully saturated rings. The van der Waals surface area contributed by atoms with Gasteiger partial charge in [-0.25, -0.2) is 0 Å². The number of aryl methyl sites for hydroxylation is 1. The molecule has 0 spiro atoms. The Labute approximate surface area is 140 Å². The second-order valence-electron chi connectivity index (χ2n) is 5.34. The molecule has 2 aromatic carbocycles. The molecule has 0 unspecified atom stereocenters. The van der Waals surface area contributed by atoms with E-state index in [-0.39, 0.29) is 4.90 Å². The van der Waals surface area contributed by atoms with Gasteiger partial charge in [-0.2, -0.15) is 8.42 Å². The summed E-state index contributed by atoms with van der Waals surface area (Å²) in [5.74, 6) is 1.26. The Balaban J connectivity index is 1.89. The fourth-order valence-electron chi connectivity index (χ4n) is 2.32. The van der Waals surface area contributed by atoms with E-state index < -0.39 is 10.1 Å². The number of methoxy groups -OCH3 is 1. The first kappa shape index (κ1) is 16.3. The minimum Gasteiger partial charge on any atom is -0.497 e. The number of nitrogens with zero attached hydrogens (tertiary/aromatic N) is 1. The first-order valence-electron chi connectivity index (χ1n) is 7.38. The molecular formula is C17H17NO5S. The molecule has 7 heteroatoms. The molecule has 0 radical (unpaired) electrons. The lowest BCUT2D eigenvalue weighted by Crippen LogP contribution is -2.17. The number of benzene rings is 2. The smallest absolute Gasteiger partial charge is 0.358 e. The van der Waals surface area contributed by atoms with Gasteiger partial charge in [0.2, 0.25) is 0 Å². The van der Waals surface area contributed by atoms with Crippen LogP contribution in [-0.2, 0) is 14.4 Å². The summed E-state index contributed by atoms with van der Waals surface area (Å²) in [5.41, 5.74) is 2.14. The molecule has 0 saturated heterocycles. The van der Waals surface area contributed by atoms with Crippen molar-refractivity contribution in [3.8, 4) is 11.5 Å². The van der Waals surface area contributed by atoms with Gasteiger partial charge in [0.25, 0.3) is 0 Å². The Morgan fingerprint density at radius 1 is 1.12 bits per heavy atom. The van der Waals surface area contributed by atoms with Gasteiger partial charge in [-0.1, -0.05) is 22.9 Å². The summed E-state index contributed by atoms with van der Waals surface area (Å²) >= 11 is 0. The maximum Gasteiger partial charge on any atom is 0.358 e. The van der Waals surface area contributed by atoms with Crippen molar-refractivity contribution < 1.29 is 22.2 Å². The van der Waals surface area contributed by atoms with Crippen molar-refractivity contribution in [1.29, 1.82) is 0 Å². The lowest BCUT2D eigenvalue weighted by atomic mass is 10.0. The molecule has 0 saturated carbocycles. The standard InChI is InChI=1S/C17H17NO5S/c1-12-3-6-14(7-4-12)24(19,20)23-18-16-9-10-22-17-8-5-13(21-2)11-15(16)17/h3-8,11H,9-10H2,1-2H3. The van der Waals surface area contributed by atoms with Gasteiger partial charge in [-0.3, -0.25) is 4.28 Å². The monoisotopic (exact) mass is 347 g/mol. The predicted molar refractivity (Wildman–Crippen MR) is 89.1 cm³/mol. The maximum atomic E-state index is 12.2. The van der Waals surface area contributed by atoms with Crippen molar-refractivity contribution in [1.82, 2.24) is 0 Å². The van der Waals surface area contributed by atoms with Gasteiger partial charge in [0.15, 0.2) is 0 Å². The molecule has 0 amide bonds. The Bertz CT molecular complexity index is 872. The summed E-state index contributed by atoms with van der Waals surface area (Å²) in [4.78, 5) is 0.0652. The third kappa shape index (κ3) is 3.35. The summed E-state index contributed by atoms with van der Waals surface area (Å²) in [5, 5.41) is 3.86. The fraction of sp³-hybridized carbons (Fsp3) is 0.235. The highest BCUT2D eigenvalue weighted by Crippen LogP contribution is 2.29. The second-order valence-corrected chi connectivity index (χ2v) is 6.87. The van der Waals surface area contributed by atoms with Gasteiger partial charge in [0, 0.05) is 12.0 Å². The molecule has 0 aromatic heterocycles. The topological polar surface area (TPSA) is 74.2 Å². The molecule has 6 nitrogen and oxygen atoms in total. The van der Waals surface area contributed by atoms with Crippen molar-refractivity contribution in [2.24, 2.45) is 5.16 Å². The summed E-state index contributed by atoms with van der Waals surface area (Å²) < 4.78 is 40.1. The largest absolute Gasteiger partial charge is 0.497 e. The maximum absolute atomic E-state index is 12.2. The van der Waals surface area contributed by atoms with Gasteiger partial charge >= 0.3 is 10.1 Å². The number of hydrogen-bond acceptors (Lipinski definition) is 6.